The van der Waals surface area contributed by atoms with Crippen LogP contribution in [0.2, 0.25) is 0 Å². The Morgan fingerprint density at radius 3 is 2.46 bits per heavy atom. The third kappa shape index (κ3) is 3.10. The minimum Gasteiger partial charge on any atom is -0.384 e. The van der Waals surface area contributed by atoms with E-state index in [0.29, 0.717) is 19.1 Å². The highest BCUT2D eigenvalue weighted by Crippen LogP contribution is 2.18. The molecule has 0 saturated carbocycles. The van der Waals surface area contributed by atoms with E-state index in [2.05, 4.69) is 28.1 Å². The smallest absolute Gasteiger partial charge is 0.0543 e. The van der Waals surface area contributed by atoms with Crippen molar-refractivity contribution in [2.75, 3.05) is 20.3 Å². The standard InChI is InChI=1S/C10H14BrNO/c1-13-7-9(6-12)8-2-4-10(11)5-3-8/h2-5,9H,6-7,12H2,1H3. The summed E-state index contributed by atoms with van der Waals surface area (Å²) in [6.45, 7) is 1.30. The summed E-state index contributed by atoms with van der Waals surface area (Å²) in [6, 6.07) is 8.18. The van der Waals surface area contributed by atoms with Gasteiger partial charge in [0.2, 0.25) is 0 Å². The summed E-state index contributed by atoms with van der Waals surface area (Å²) >= 11 is 3.39. The average Bonchev–Trinajstić information content (AvgIpc) is 2.16. The number of ether oxygens (including phenoxy) is 1. The van der Waals surface area contributed by atoms with Gasteiger partial charge < -0.3 is 10.5 Å². The molecule has 1 unspecified atom stereocenters. The molecule has 0 bridgehead atoms. The summed E-state index contributed by atoms with van der Waals surface area (Å²) in [5.41, 5.74) is 6.87. The highest BCUT2D eigenvalue weighted by atomic mass is 79.9. The Labute approximate surface area is 87.2 Å². The number of methoxy groups -OCH3 is 1. The van der Waals surface area contributed by atoms with E-state index in [-0.39, 0.29) is 0 Å². The first-order valence-electron chi connectivity index (χ1n) is 4.22. The van der Waals surface area contributed by atoms with Crippen molar-refractivity contribution in [1.29, 1.82) is 0 Å². The average molecular weight is 244 g/mol. The molecule has 1 rings (SSSR count). The Morgan fingerprint density at radius 1 is 1.38 bits per heavy atom. The van der Waals surface area contributed by atoms with Gasteiger partial charge in [-0.05, 0) is 17.7 Å². The Hall–Kier alpha value is -0.380. The van der Waals surface area contributed by atoms with Gasteiger partial charge in [0.05, 0.1) is 6.61 Å². The van der Waals surface area contributed by atoms with E-state index in [1.54, 1.807) is 7.11 Å². The number of hydrogen-bond acceptors (Lipinski definition) is 2. The van der Waals surface area contributed by atoms with Gasteiger partial charge >= 0.3 is 0 Å². The molecule has 0 fully saturated rings. The van der Waals surface area contributed by atoms with Crippen LogP contribution in [0.4, 0.5) is 0 Å². The first-order valence-corrected chi connectivity index (χ1v) is 5.01. The van der Waals surface area contributed by atoms with Crippen molar-refractivity contribution in [3.8, 4) is 0 Å². The minimum atomic E-state index is 0.304. The van der Waals surface area contributed by atoms with E-state index in [4.69, 9.17) is 10.5 Å². The van der Waals surface area contributed by atoms with E-state index < -0.39 is 0 Å². The number of hydrogen-bond donors (Lipinski definition) is 1. The van der Waals surface area contributed by atoms with Crippen LogP contribution in [-0.2, 0) is 4.74 Å². The molecule has 72 valence electrons. The molecular weight excluding hydrogens is 230 g/mol. The lowest BCUT2D eigenvalue weighted by Gasteiger charge is -2.13. The molecule has 0 amide bonds. The van der Waals surface area contributed by atoms with Gasteiger partial charge in [-0.1, -0.05) is 28.1 Å². The predicted molar refractivity (Wildman–Crippen MR) is 57.8 cm³/mol. The van der Waals surface area contributed by atoms with Crippen molar-refractivity contribution in [1.82, 2.24) is 0 Å². The van der Waals surface area contributed by atoms with Crippen LogP contribution in [0.1, 0.15) is 11.5 Å². The molecule has 0 spiro atoms. The van der Waals surface area contributed by atoms with E-state index >= 15 is 0 Å². The van der Waals surface area contributed by atoms with Gasteiger partial charge in [-0.15, -0.1) is 0 Å². The molecule has 2 N–H and O–H groups in total. The summed E-state index contributed by atoms with van der Waals surface area (Å²) in [5.74, 6) is 0.304. The fourth-order valence-electron chi connectivity index (χ4n) is 1.24. The van der Waals surface area contributed by atoms with Gasteiger partial charge in [-0.2, -0.15) is 0 Å². The monoisotopic (exact) mass is 243 g/mol. The Kier molecular flexibility index (Phi) is 4.42. The van der Waals surface area contributed by atoms with Gasteiger partial charge in [0.1, 0.15) is 0 Å². The second kappa shape index (κ2) is 5.37. The summed E-state index contributed by atoms with van der Waals surface area (Å²) in [4.78, 5) is 0. The molecule has 0 aliphatic carbocycles. The van der Waals surface area contributed by atoms with Crippen molar-refractivity contribution >= 4 is 15.9 Å². The summed E-state index contributed by atoms with van der Waals surface area (Å²) in [7, 11) is 1.70. The molecule has 0 aromatic heterocycles. The SMILES string of the molecule is COCC(CN)c1ccc(Br)cc1. The van der Waals surface area contributed by atoms with Crippen molar-refractivity contribution in [2.24, 2.45) is 5.73 Å². The quantitative estimate of drug-likeness (QED) is 0.880. The summed E-state index contributed by atoms with van der Waals surface area (Å²) in [6.07, 6.45) is 0. The molecule has 0 saturated heterocycles. The topological polar surface area (TPSA) is 35.2 Å². The van der Waals surface area contributed by atoms with Gasteiger partial charge in [0.15, 0.2) is 0 Å². The van der Waals surface area contributed by atoms with E-state index in [9.17, 15) is 0 Å². The number of rotatable bonds is 4. The number of benzene rings is 1. The molecule has 13 heavy (non-hydrogen) atoms. The molecule has 3 heteroatoms. The molecule has 1 atom stereocenters. The lowest BCUT2D eigenvalue weighted by Crippen LogP contribution is -2.17. The second-order valence-electron chi connectivity index (χ2n) is 2.94. The van der Waals surface area contributed by atoms with Crippen LogP contribution in [0, 0.1) is 0 Å². The van der Waals surface area contributed by atoms with Crippen molar-refractivity contribution < 1.29 is 4.74 Å². The zero-order valence-electron chi connectivity index (χ0n) is 7.66. The van der Waals surface area contributed by atoms with Crippen LogP contribution in [0.25, 0.3) is 0 Å². The first kappa shape index (κ1) is 10.7. The molecule has 0 aliphatic heterocycles. The van der Waals surface area contributed by atoms with Crippen molar-refractivity contribution in [2.45, 2.75) is 5.92 Å². The maximum absolute atomic E-state index is 5.64. The zero-order valence-corrected chi connectivity index (χ0v) is 9.25. The molecule has 0 radical (unpaired) electrons. The van der Waals surface area contributed by atoms with E-state index in [0.717, 1.165) is 4.47 Å². The number of nitrogens with two attached hydrogens (primary N) is 1. The molecule has 0 heterocycles. The van der Waals surface area contributed by atoms with Gasteiger partial charge in [0, 0.05) is 24.0 Å². The first-order chi connectivity index (χ1) is 6.27. The van der Waals surface area contributed by atoms with Crippen LogP contribution < -0.4 is 5.73 Å². The molecule has 2 nitrogen and oxygen atoms in total. The zero-order chi connectivity index (χ0) is 9.68. The van der Waals surface area contributed by atoms with Crippen LogP contribution in [0.3, 0.4) is 0 Å². The van der Waals surface area contributed by atoms with Crippen LogP contribution in [0.15, 0.2) is 28.7 Å². The van der Waals surface area contributed by atoms with Gasteiger partial charge in [-0.25, -0.2) is 0 Å². The Balaban J connectivity index is 2.73. The van der Waals surface area contributed by atoms with Crippen LogP contribution in [0.5, 0.6) is 0 Å². The Bertz CT molecular complexity index is 248. The third-order valence-electron chi connectivity index (χ3n) is 1.99. The van der Waals surface area contributed by atoms with E-state index in [1.165, 1.54) is 5.56 Å². The van der Waals surface area contributed by atoms with Crippen molar-refractivity contribution in [3.05, 3.63) is 34.3 Å². The largest absolute Gasteiger partial charge is 0.384 e. The predicted octanol–water partition coefficient (Wildman–Crippen LogP) is 2.14. The second-order valence-corrected chi connectivity index (χ2v) is 3.86. The maximum atomic E-state index is 5.64. The fraction of sp³-hybridized carbons (Fsp3) is 0.400. The van der Waals surface area contributed by atoms with Crippen LogP contribution >= 0.6 is 15.9 Å². The summed E-state index contributed by atoms with van der Waals surface area (Å²) in [5, 5.41) is 0. The molecule has 1 aromatic carbocycles. The fourth-order valence-corrected chi connectivity index (χ4v) is 1.50. The molecule has 1 aromatic rings. The maximum Gasteiger partial charge on any atom is 0.0543 e. The Morgan fingerprint density at radius 2 is 2.00 bits per heavy atom. The van der Waals surface area contributed by atoms with Crippen LogP contribution in [-0.4, -0.2) is 20.3 Å². The van der Waals surface area contributed by atoms with E-state index in [1.807, 2.05) is 12.1 Å². The third-order valence-corrected chi connectivity index (χ3v) is 2.52. The molecule has 0 aliphatic rings. The highest BCUT2D eigenvalue weighted by molar-refractivity contribution is 9.10. The van der Waals surface area contributed by atoms with Gasteiger partial charge in [-0.3, -0.25) is 0 Å². The highest BCUT2D eigenvalue weighted by Gasteiger charge is 2.08. The number of halogens is 1. The lowest BCUT2D eigenvalue weighted by atomic mass is 10.0. The normalized spacial score (nSPS) is 12.8. The summed E-state index contributed by atoms with van der Waals surface area (Å²) < 4.78 is 6.18. The minimum absolute atomic E-state index is 0.304. The van der Waals surface area contributed by atoms with Crippen molar-refractivity contribution in [3.63, 3.8) is 0 Å². The molecular formula is C10H14BrNO. The lowest BCUT2D eigenvalue weighted by molar-refractivity contribution is 0.181. The van der Waals surface area contributed by atoms with Gasteiger partial charge in [0.25, 0.3) is 0 Å².